The van der Waals surface area contributed by atoms with Gasteiger partial charge in [0.1, 0.15) is 0 Å². The van der Waals surface area contributed by atoms with Gasteiger partial charge in [-0.15, -0.1) is 11.8 Å². The van der Waals surface area contributed by atoms with Gasteiger partial charge in [-0.3, -0.25) is 0 Å². The molecule has 0 aliphatic rings. The first-order chi connectivity index (χ1) is 12.3. The second-order valence-corrected chi connectivity index (χ2v) is 6.96. The van der Waals surface area contributed by atoms with E-state index >= 15 is 0 Å². The zero-order valence-electron chi connectivity index (χ0n) is 15.5. The van der Waals surface area contributed by atoms with Gasteiger partial charge >= 0.3 is 6.18 Å². The van der Waals surface area contributed by atoms with Crippen molar-refractivity contribution in [2.24, 2.45) is 0 Å². The number of rotatable bonds is 7. The monoisotopic (exact) mass is 383 g/mol. The van der Waals surface area contributed by atoms with Crippen LogP contribution in [0, 0.1) is 0 Å². The zero-order chi connectivity index (χ0) is 19.3. The normalized spacial score (nSPS) is 11.8. The molecule has 2 aromatic rings. The van der Waals surface area contributed by atoms with Crippen LogP contribution in [0.25, 0.3) is 11.1 Å². The van der Waals surface area contributed by atoms with Gasteiger partial charge in [0.25, 0.3) is 0 Å². The Hall–Kier alpha value is -1.73. The molecule has 142 valence electrons. The van der Waals surface area contributed by atoms with Gasteiger partial charge in [0, 0.05) is 37.6 Å². The maximum atomic E-state index is 13.6. The molecule has 0 spiro atoms. The summed E-state index contributed by atoms with van der Waals surface area (Å²) < 4.78 is 40.9. The number of nitrogens with zero attached hydrogens (tertiary/aromatic N) is 3. The molecule has 3 nitrogen and oxygen atoms in total. The van der Waals surface area contributed by atoms with Gasteiger partial charge in [-0.1, -0.05) is 19.1 Å². The second-order valence-electron chi connectivity index (χ2n) is 6.14. The Kier molecular flexibility index (Phi) is 6.94. The summed E-state index contributed by atoms with van der Waals surface area (Å²) in [6.45, 7) is 4.10. The van der Waals surface area contributed by atoms with Gasteiger partial charge in [0.2, 0.25) is 0 Å². The standard InChI is InChI=1S/C19H24F3N3S/c1-5-24(2)10-11-25(3)17-8-6-14(12-16(17)19(20,21)22)15-7-9-18(26-4)23-13-15/h6-9,12-13H,5,10-11H2,1-4H3. The van der Waals surface area contributed by atoms with E-state index in [2.05, 4.69) is 9.88 Å². The van der Waals surface area contributed by atoms with E-state index in [0.717, 1.165) is 11.6 Å². The molecule has 1 aromatic carbocycles. The van der Waals surface area contributed by atoms with Crippen LogP contribution in [0.3, 0.4) is 0 Å². The van der Waals surface area contributed by atoms with Crippen LogP contribution >= 0.6 is 11.8 Å². The number of anilines is 1. The van der Waals surface area contributed by atoms with E-state index in [-0.39, 0.29) is 5.69 Å². The Morgan fingerprint density at radius 2 is 1.73 bits per heavy atom. The highest BCUT2D eigenvalue weighted by atomic mass is 32.2. The molecule has 0 radical (unpaired) electrons. The summed E-state index contributed by atoms with van der Waals surface area (Å²) in [7, 11) is 3.65. The second kappa shape index (κ2) is 8.77. The van der Waals surface area contributed by atoms with E-state index in [1.807, 2.05) is 26.3 Å². The lowest BCUT2D eigenvalue weighted by atomic mass is 10.0. The number of likely N-dealkylation sites (N-methyl/N-ethyl adjacent to an activating group) is 2. The van der Waals surface area contributed by atoms with Crippen molar-refractivity contribution in [3.8, 4) is 11.1 Å². The smallest absolute Gasteiger partial charge is 0.373 e. The molecule has 0 aliphatic heterocycles. The fraction of sp³-hybridized carbons (Fsp3) is 0.421. The maximum absolute atomic E-state index is 13.6. The van der Waals surface area contributed by atoms with E-state index in [1.165, 1.54) is 17.8 Å². The van der Waals surface area contributed by atoms with Crippen LogP contribution in [0.2, 0.25) is 0 Å². The molecule has 26 heavy (non-hydrogen) atoms. The SMILES string of the molecule is CCN(C)CCN(C)c1ccc(-c2ccc(SC)nc2)cc1C(F)(F)F. The minimum absolute atomic E-state index is 0.194. The average molecular weight is 383 g/mol. The van der Waals surface area contributed by atoms with Gasteiger partial charge in [-0.2, -0.15) is 13.2 Å². The number of alkyl halides is 3. The van der Waals surface area contributed by atoms with E-state index in [0.29, 0.717) is 24.2 Å². The van der Waals surface area contributed by atoms with Crippen LogP contribution in [-0.2, 0) is 6.18 Å². The van der Waals surface area contributed by atoms with Crippen molar-refractivity contribution in [3.05, 3.63) is 42.1 Å². The summed E-state index contributed by atoms with van der Waals surface area (Å²) >= 11 is 1.49. The number of thioether (sulfide) groups is 1. The Morgan fingerprint density at radius 1 is 1.04 bits per heavy atom. The molecule has 0 atom stereocenters. The first-order valence-corrected chi connectivity index (χ1v) is 9.60. The molecule has 0 aliphatic carbocycles. The van der Waals surface area contributed by atoms with Gasteiger partial charge in [0.05, 0.1) is 10.6 Å². The molecule has 2 rings (SSSR count). The lowest BCUT2D eigenvalue weighted by Crippen LogP contribution is -2.31. The first kappa shape index (κ1) is 20.6. The molecule has 0 saturated carbocycles. The number of pyridine rings is 1. The lowest BCUT2D eigenvalue weighted by molar-refractivity contribution is -0.137. The highest BCUT2D eigenvalue weighted by Crippen LogP contribution is 2.38. The number of aromatic nitrogens is 1. The first-order valence-electron chi connectivity index (χ1n) is 8.37. The predicted octanol–water partition coefficient (Wildman–Crippen LogP) is 4.88. The third kappa shape index (κ3) is 5.14. The van der Waals surface area contributed by atoms with E-state index in [4.69, 9.17) is 0 Å². The molecule has 1 heterocycles. The van der Waals surface area contributed by atoms with Gasteiger partial charge in [0.15, 0.2) is 0 Å². The number of benzene rings is 1. The molecule has 1 aromatic heterocycles. The van der Waals surface area contributed by atoms with Crippen molar-refractivity contribution in [2.45, 2.75) is 18.1 Å². The maximum Gasteiger partial charge on any atom is 0.418 e. The Labute approximate surface area is 157 Å². The molecule has 0 N–H and O–H groups in total. The van der Waals surface area contributed by atoms with Crippen LogP contribution in [-0.4, -0.2) is 49.9 Å². The van der Waals surface area contributed by atoms with Crippen LogP contribution in [0.5, 0.6) is 0 Å². The Morgan fingerprint density at radius 3 is 2.27 bits per heavy atom. The highest BCUT2D eigenvalue weighted by molar-refractivity contribution is 7.98. The summed E-state index contributed by atoms with van der Waals surface area (Å²) in [5.41, 5.74) is 0.763. The average Bonchev–Trinajstić information content (AvgIpc) is 2.64. The lowest BCUT2D eigenvalue weighted by Gasteiger charge is -2.26. The molecule has 0 saturated heterocycles. The van der Waals surface area contributed by atoms with Crippen molar-refractivity contribution in [1.29, 1.82) is 0 Å². The third-order valence-corrected chi connectivity index (χ3v) is 5.01. The van der Waals surface area contributed by atoms with Gasteiger partial charge < -0.3 is 9.80 Å². The van der Waals surface area contributed by atoms with E-state index < -0.39 is 11.7 Å². The molecule has 0 unspecified atom stereocenters. The van der Waals surface area contributed by atoms with Crippen LogP contribution in [0.1, 0.15) is 12.5 Å². The van der Waals surface area contributed by atoms with E-state index in [1.54, 1.807) is 36.3 Å². The third-order valence-electron chi connectivity index (χ3n) is 4.35. The van der Waals surface area contributed by atoms with Crippen molar-refractivity contribution < 1.29 is 13.2 Å². The molecule has 0 amide bonds. The predicted molar refractivity (Wildman–Crippen MR) is 103 cm³/mol. The minimum atomic E-state index is -4.41. The highest BCUT2D eigenvalue weighted by Gasteiger charge is 2.34. The van der Waals surface area contributed by atoms with Crippen LogP contribution < -0.4 is 4.90 Å². The van der Waals surface area contributed by atoms with Crippen molar-refractivity contribution in [1.82, 2.24) is 9.88 Å². The number of halogens is 3. The summed E-state index contributed by atoms with van der Waals surface area (Å²) in [4.78, 5) is 7.97. The van der Waals surface area contributed by atoms with E-state index in [9.17, 15) is 13.2 Å². The van der Waals surface area contributed by atoms with Crippen LogP contribution in [0.4, 0.5) is 18.9 Å². The van der Waals surface area contributed by atoms with Crippen LogP contribution in [0.15, 0.2) is 41.6 Å². The fourth-order valence-electron chi connectivity index (χ4n) is 2.55. The van der Waals surface area contributed by atoms with Gasteiger partial charge in [-0.05, 0) is 43.6 Å². The van der Waals surface area contributed by atoms with Crippen molar-refractivity contribution in [2.75, 3.05) is 44.9 Å². The Bertz CT molecular complexity index is 717. The summed E-state index contributed by atoms with van der Waals surface area (Å²) in [5, 5.41) is 0.834. The zero-order valence-corrected chi connectivity index (χ0v) is 16.3. The Balaban J connectivity index is 2.35. The van der Waals surface area contributed by atoms with Crippen molar-refractivity contribution >= 4 is 17.4 Å². The summed E-state index contributed by atoms with van der Waals surface area (Å²) in [6, 6.07) is 8.10. The fourth-order valence-corrected chi connectivity index (χ4v) is 2.91. The summed E-state index contributed by atoms with van der Waals surface area (Å²) in [5.74, 6) is 0. The topological polar surface area (TPSA) is 19.4 Å². The molecule has 0 fully saturated rings. The van der Waals surface area contributed by atoms with Gasteiger partial charge in [-0.25, -0.2) is 4.98 Å². The quantitative estimate of drug-likeness (QED) is 0.635. The molecular weight excluding hydrogens is 359 g/mol. The van der Waals surface area contributed by atoms with Crippen molar-refractivity contribution in [3.63, 3.8) is 0 Å². The summed E-state index contributed by atoms with van der Waals surface area (Å²) in [6.07, 6.45) is -0.895. The molecule has 7 heteroatoms. The largest absolute Gasteiger partial charge is 0.418 e. The number of hydrogen-bond donors (Lipinski definition) is 0. The number of hydrogen-bond acceptors (Lipinski definition) is 4. The minimum Gasteiger partial charge on any atom is -0.373 e. The molecule has 0 bridgehead atoms. The molecular formula is C19H24F3N3S.